The van der Waals surface area contributed by atoms with E-state index in [2.05, 4.69) is 47.7 Å². The number of hydrogen-bond acceptors (Lipinski definition) is 6. The third-order valence-corrected chi connectivity index (χ3v) is 6.21. The van der Waals surface area contributed by atoms with E-state index in [0.29, 0.717) is 36.0 Å². The zero-order chi connectivity index (χ0) is 25.5. The molecule has 35 heavy (non-hydrogen) atoms. The van der Waals surface area contributed by atoms with Crippen molar-refractivity contribution >= 4 is 84.5 Å². The van der Waals surface area contributed by atoms with E-state index in [1.165, 1.54) is 36.5 Å². The molecule has 0 aromatic heterocycles. The summed E-state index contributed by atoms with van der Waals surface area (Å²) in [5.74, 6) is -0.537. The van der Waals surface area contributed by atoms with Crippen molar-refractivity contribution in [1.82, 2.24) is 5.43 Å². The number of benzene rings is 3. The topological polar surface area (TPSA) is 123 Å². The van der Waals surface area contributed by atoms with Gasteiger partial charge in [0.25, 0.3) is 17.5 Å². The molecule has 0 spiro atoms. The molecule has 180 valence electrons. The van der Waals surface area contributed by atoms with Gasteiger partial charge in [-0.05, 0) is 79.9 Å². The first-order chi connectivity index (χ1) is 16.6. The second-order valence-electron chi connectivity index (χ2n) is 6.78. The molecule has 0 bridgehead atoms. The minimum atomic E-state index is -0.551. The summed E-state index contributed by atoms with van der Waals surface area (Å²) in [5, 5.41) is 17.9. The molecule has 3 aromatic carbocycles. The predicted octanol–water partition coefficient (Wildman–Crippen LogP) is 6.21. The second-order valence-corrected chi connectivity index (χ2v) is 9.31. The van der Waals surface area contributed by atoms with Crippen LogP contribution in [0.25, 0.3) is 0 Å². The van der Waals surface area contributed by atoms with Crippen LogP contribution in [0.1, 0.15) is 15.9 Å². The van der Waals surface area contributed by atoms with Gasteiger partial charge in [0.2, 0.25) is 0 Å². The first-order valence-electron chi connectivity index (χ1n) is 9.58. The van der Waals surface area contributed by atoms with Crippen LogP contribution in [0.3, 0.4) is 0 Å². The van der Waals surface area contributed by atoms with E-state index in [9.17, 15) is 19.7 Å². The van der Waals surface area contributed by atoms with E-state index in [4.69, 9.17) is 27.9 Å². The highest BCUT2D eigenvalue weighted by Crippen LogP contribution is 2.34. The highest BCUT2D eigenvalue weighted by atomic mass is 79.9. The average molecular weight is 645 g/mol. The van der Waals surface area contributed by atoms with Gasteiger partial charge in [-0.15, -0.1) is 0 Å². The van der Waals surface area contributed by atoms with Crippen LogP contribution in [-0.4, -0.2) is 29.6 Å². The normalized spacial score (nSPS) is 10.7. The summed E-state index contributed by atoms with van der Waals surface area (Å²) >= 11 is 18.6. The van der Waals surface area contributed by atoms with E-state index in [1.54, 1.807) is 24.3 Å². The Morgan fingerprint density at radius 1 is 1.03 bits per heavy atom. The maximum Gasteiger partial charge on any atom is 0.271 e. The highest BCUT2D eigenvalue weighted by molar-refractivity contribution is 9.11. The number of nitrogens with zero attached hydrogens (tertiary/aromatic N) is 2. The molecule has 2 amide bonds. The van der Waals surface area contributed by atoms with Crippen molar-refractivity contribution in [1.29, 1.82) is 0 Å². The minimum absolute atomic E-state index is 0.117. The molecule has 2 N–H and O–H groups in total. The lowest BCUT2D eigenvalue weighted by atomic mass is 10.2. The Kier molecular flexibility index (Phi) is 9.21. The van der Waals surface area contributed by atoms with Gasteiger partial charge in [0, 0.05) is 23.4 Å². The van der Waals surface area contributed by atoms with E-state index in [-0.39, 0.29) is 17.9 Å². The quantitative estimate of drug-likeness (QED) is 0.172. The smallest absolute Gasteiger partial charge is 0.271 e. The van der Waals surface area contributed by atoms with Crippen LogP contribution in [0.5, 0.6) is 5.75 Å². The number of hydrogen-bond donors (Lipinski definition) is 2. The fourth-order valence-electron chi connectivity index (χ4n) is 2.67. The maximum absolute atomic E-state index is 12.2. The van der Waals surface area contributed by atoms with Gasteiger partial charge in [0.15, 0.2) is 6.61 Å². The molecule has 0 aliphatic carbocycles. The largest absolute Gasteiger partial charge is 0.481 e. The Morgan fingerprint density at radius 3 is 2.29 bits per heavy atom. The van der Waals surface area contributed by atoms with Crippen LogP contribution in [0.2, 0.25) is 10.0 Å². The maximum atomic E-state index is 12.2. The fourth-order valence-corrected chi connectivity index (χ4v) is 4.41. The van der Waals surface area contributed by atoms with Crippen LogP contribution >= 0.6 is 55.1 Å². The first kappa shape index (κ1) is 26.6. The summed E-state index contributed by atoms with van der Waals surface area (Å²) in [7, 11) is 0. The van der Waals surface area contributed by atoms with Crippen molar-refractivity contribution < 1.29 is 19.2 Å². The Balaban J connectivity index is 1.57. The van der Waals surface area contributed by atoms with Crippen LogP contribution in [0, 0.1) is 10.1 Å². The van der Waals surface area contributed by atoms with Crippen LogP contribution in [-0.2, 0) is 4.79 Å². The predicted molar refractivity (Wildman–Crippen MR) is 141 cm³/mol. The summed E-state index contributed by atoms with van der Waals surface area (Å²) in [4.78, 5) is 34.5. The Hall–Kier alpha value is -2.99. The number of carbonyl (C=O) groups excluding carboxylic acids is 2. The highest BCUT2D eigenvalue weighted by Gasteiger charge is 2.12. The minimum Gasteiger partial charge on any atom is -0.481 e. The summed E-state index contributed by atoms with van der Waals surface area (Å²) in [6.07, 6.45) is 1.40. The number of anilines is 1. The first-order valence-corrected chi connectivity index (χ1v) is 11.9. The lowest BCUT2D eigenvalue weighted by molar-refractivity contribution is -0.384. The average Bonchev–Trinajstić information content (AvgIpc) is 2.81. The van der Waals surface area contributed by atoms with E-state index in [0.717, 1.165) is 0 Å². The van der Waals surface area contributed by atoms with Gasteiger partial charge in [-0.25, -0.2) is 5.43 Å². The number of carbonyl (C=O) groups is 2. The van der Waals surface area contributed by atoms with Gasteiger partial charge in [-0.1, -0.05) is 23.2 Å². The summed E-state index contributed by atoms with van der Waals surface area (Å²) in [6, 6.07) is 13.2. The van der Waals surface area contributed by atoms with Gasteiger partial charge in [-0.3, -0.25) is 19.7 Å². The number of non-ortho nitro benzene ring substituents is 1. The summed E-state index contributed by atoms with van der Waals surface area (Å²) in [5.41, 5.74) is 3.54. The van der Waals surface area contributed by atoms with E-state index < -0.39 is 16.7 Å². The number of rotatable bonds is 8. The number of ether oxygens (including phenoxy) is 1. The molecule has 0 saturated heterocycles. The molecule has 0 aliphatic rings. The molecule has 0 aliphatic heterocycles. The zero-order valence-corrected chi connectivity index (χ0v) is 22.1. The monoisotopic (exact) mass is 642 g/mol. The van der Waals surface area contributed by atoms with Crippen molar-refractivity contribution in [2.45, 2.75) is 0 Å². The molecule has 0 saturated carbocycles. The number of halogens is 4. The molecular weight excluding hydrogens is 631 g/mol. The number of nitrogens with one attached hydrogen (secondary N) is 2. The second kappa shape index (κ2) is 12.1. The van der Waals surface area contributed by atoms with Gasteiger partial charge in [0.05, 0.1) is 30.1 Å². The van der Waals surface area contributed by atoms with Crippen molar-refractivity contribution in [3.63, 3.8) is 0 Å². The molecule has 0 fully saturated rings. The molecule has 0 radical (unpaired) electrons. The van der Waals surface area contributed by atoms with Gasteiger partial charge in [0.1, 0.15) is 5.75 Å². The third-order valence-electron chi connectivity index (χ3n) is 4.29. The standard InChI is InChI=1S/C22H14Br2Cl2N4O5/c23-16-7-12(10-27-29-22(32)13-1-4-15(5-2-13)30(33)34)8-17(24)21(16)35-11-20(31)28-14-3-6-18(25)19(26)9-14/h1-10H,11H2,(H,28,31)(H,29,32)/b27-10+. The van der Waals surface area contributed by atoms with Gasteiger partial charge in [-0.2, -0.15) is 5.10 Å². The van der Waals surface area contributed by atoms with Crippen molar-refractivity contribution in [3.05, 3.63) is 94.8 Å². The molecule has 0 heterocycles. The molecule has 3 aromatic rings. The Bertz CT molecular complexity index is 1300. The zero-order valence-electron chi connectivity index (χ0n) is 17.4. The molecule has 9 nitrogen and oxygen atoms in total. The SMILES string of the molecule is O=C(COc1c(Br)cc(/C=N/NC(=O)c2ccc([N+](=O)[O-])cc2)cc1Br)Nc1ccc(Cl)c(Cl)c1. The number of nitro benzene ring substituents is 1. The van der Waals surface area contributed by atoms with Crippen LogP contribution in [0.4, 0.5) is 11.4 Å². The number of amides is 2. The van der Waals surface area contributed by atoms with Crippen LogP contribution < -0.4 is 15.5 Å². The lowest BCUT2D eigenvalue weighted by Gasteiger charge is -2.12. The molecule has 0 unspecified atom stereocenters. The molecule has 3 rings (SSSR count). The summed E-state index contributed by atoms with van der Waals surface area (Å²) in [6.45, 7) is -0.268. The van der Waals surface area contributed by atoms with Crippen molar-refractivity contribution in [3.8, 4) is 5.75 Å². The van der Waals surface area contributed by atoms with Crippen LogP contribution in [0.15, 0.2) is 68.6 Å². The van der Waals surface area contributed by atoms with Gasteiger partial charge < -0.3 is 10.1 Å². The van der Waals surface area contributed by atoms with E-state index in [1.807, 2.05) is 0 Å². The number of hydrazone groups is 1. The third kappa shape index (κ3) is 7.49. The van der Waals surface area contributed by atoms with Crippen molar-refractivity contribution in [2.24, 2.45) is 5.10 Å². The van der Waals surface area contributed by atoms with Crippen molar-refractivity contribution in [2.75, 3.05) is 11.9 Å². The fraction of sp³-hybridized carbons (Fsp3) is 0.0455. The van der Waals surface area contributed by atoms with Gasteiger partial charge >= 0.3 is 0 Å². The lowest BCUT2D eigenvalue weighted by Crippen LogP contribution is -2.20. The molecule has 13 heteroatoms. The number of nitro groups is 1. The molecular formula is C22H14Br2Cl2N4O5. The van der Waals surface area contributed by atoms with E-state index >= 15 is 0 Å². The Morgan fingerprint density at radius 2 is 1.69 bits per heavy atom. The summed E-state index contributed by atoms with van der Waals surface area (Å²) < 4.78 is 6.69. The Labute approximate surface area is 225 Å². The molecule has 0 atom stereocenters.